The Labute approximate surface area is 181 Å². The van der Waals surface area contributed by atoms with E-state index in [2.05, 4.69) is 16.9 Å². The Hall–Kier alpha value is -2.93. The maximum Gasteiger partial charge on any atom is 0.257 e. The minimum Gasteiger partial charge on any atom is -0.454 e. The van der Waals surface area contributed by atoms with E-state index in [9.17, 15) is 9.18 Å². The molecule has 0 saturated carbocycles. The highest BCUT2D eigenvalue weighted by Gasteiger charge is 2.36. The summed E-state index contributed by atoms with van der Waals surface area (Å²) >= 11 is 0. The van der Waals surface area contributed by atoms with Crippen LogP contribution in [0.4, 0.5) is 4.39 Å². The van der Waals surface area contributed by atoms with Gasteiger partial charge in [0.15, 0.2) is 11.5 Å². The van der Waals surface area contributed by atoms with Crippen molar-refractivity contribution in [2.24, 2.45) is 5.10 Å². The molecule has 31 heavy (non-hydrogen) atoms. The van der Waals surface area contributed by atoms with Crippen LogP contribution < -0.4 is 9.47 Å². The molecule has 1 fully saturated rings. The molecule has 2 atom stereocenters. The van der Waals surface area contributed by atoms with Crippen LogP contribution in [0, 0.1) is 5.82 Å². The van der Waals surface area contributed by atoms with Gasteiger partial charge in [0.05, 0.1) is 18.3 Å². The molecular formula is C24H26FN3O3. The van der Waals surface area contributed by atoms with E-state index in [0.717, 1.165) is 24.9 Å². The van der Waals surface area contributed by atoms with Gasteiger partial charge in [0.2, 0.25) is 6.79 Å². The summed E-state index contributed by atoms with van der Waals surface area (Å²) in [7, 11) is 0. The van der Waals surface area contributed by atoms with Gasteiger partial charge in [0.25, 0.3) is 5.91 Å². The fourth-order valence-corrected chi connectivity index (χ4v) is 4.62. The van der Waals surface area contributed by atoms with Crippen molar-refractivity contribution in [2.45, 2.75) is 44.7 Å². The van der Waals surface area contributed by atoms with Crippen LogP contribution >= 0.6 is 0 Å². The first-order chi connectivity index (χ1) is 15.1. The topological polar surface area (TPSA) is 54.4 Å². The van der Waals surface area contributed by atoms with E-state index < -0.39 is 0 Å². The summed E-state index contributed by atoms with van der Waals surface area (Å²) in [4.78, 5) is 15.6. The van der Waals surface area contributed by atoms with E-state index >= 15 is 0 Å². The van der Waals surface area contributed by atoms with Gasteiger partial charge in [-0.3, -0.25) is 9.69 Å². The average Bonchev–Trinajstić information content (AvgIpc) is 3.42. The predicted molar refractivity (Wildman–Crippen MR) is 115 cm³/mol. The number of halogens is 1. The van der Waals surface area contributed by atoms with Crippen molar-refractivity contribution >= 4 is 11.6 Å². The molecule has 2 aromatic rings. The summed E-state index contributed by atoms with van der Waals surface area (Å²) in [6, 6.07) is 12.3. The molecule has 0 aromatic heterocycles. The van der Waals surface area contributed by atoms with Crippen LogP contribution in [0.2, 0.25) is 0 Å². The number of carbonyl (C=O) groups excluding carboxylic acids is 1. The summed E-state index contributed by atoms with van der Waals surface area (Å²) in [6.07, 6.45) is 3.85. The molecule has 3 heterocycles. The van der Waals surface area contributed by atoms with E-state index in [1.165, 1.54) is 12.5 Å². The highest BCUT2D eigenvalue weighted by Crippen LogP contribution is 2.39. The Bertz CT molecular complexity index is 1020. The first kappa shape index (κ1) is 20.0. The van der Waals surface area contributed by atoms with E-state index in [4.69, 9.17) is 9.47 Å². The van der Waals surface area contributed by atoms with Crippen LogP contribution in [-0.2, 0) is 4.79 Å². The normalized spacial score (nSPS) is 23.2. The smallest absolute Gasteiger partial charge is 0.257 e. The lowest BCUT2D eigenvalue weighted by Gasteiger charge is -2.34. The molecule has 0 bridgehead atoms. The summed E-state index contributed by atoms with van der Waals surface area (Å²) in [6.45, 7) is 3.59. The number of piperidine rings is 1. The lowest BCUT2D eigenvalue weighted by Crippen LogP contribution is -2.44. The Morgan fingerprint density at radius 2 is 2.00 bits per heavy atom. The standard InChI is InChI=1S/C24H26FN3O3/c1-16-6-4-5-11-27(16)14-24(29)28-21(17-9-10-22-23(12-17)31-15-30-22)13-20(26-28)18-7-2-3-8-19(18)25/h2-3,7-10,12,16,21H,4-6,11,13-15H2,1H3/t16-,21-/m0/s1. The second-order valence-electron chi connectivity index (χ2n) is 8.41. The Balaban J connectivity index is 1.45. The number of benzene rings is 2. The number of hydrazone groups is 1. The molecular weight excluding hydrogens is 397 g/mol. The monoisotopic (exact) mass is 423 g/mol. The molecule has 7 heteroatoms. The van der Waals surface area contributed by atoms with Crippen molar-refractivity contribution in [3.8, 4) is 11.5 Å². The van der Waals surface area contributed by atoms with Gasteiger partial charge in [-0.15, -0.1) is 0 Å². The van der Waals surface area contributed by atoms with Gasteiger partial charge in [-0.05, 0) is 50.1 Å². The third-order valence-electron chi connectivity index (χ3n) is 6.41. The molecule has 0 radical (unpaired) electrons. The molecule has 2 aromatic carbocycles. The highest BCUT2D eigenvalue weighted by atomic mass is 19.1. The SMILES string of the molecule is C[C@H]1CCCCN1CC(=O)N1N=C(c2ccccc2F)C[C@H]1c1ccc2c(c1)OCO2. The largest absolute Gasteiger partial charge is 0.454 e. The highest BCUT2D eigenvalue weighted by molar-refractivity contribution is 6.03. The zero-order chi connectivity index (χ0) is 21.4. The van der Waals surface area contributed by atoms with Crippen LogP contribution in [0.1, 0.15) is 49.8 Å². The van der Waals surface area contributed by atoms with Crippen molar-refractivity contribution < 1.29 is 18.7 Å². The molecule has 3 aliphatic heterocycles. The number of nitrogens with zero attached hydrogens (tertiary/aromatic N) is 3. The number of amides is 1. The van der Waals surface area contributed by atoms with Gasteiger partial charge in [0.1, 0.15) is 5.82 Å². The third kappa shape index (κ3) is 3.90. The van der Waals surface area contributed by atoms with Gasteiger partial charge >= 0.3 is 0 Å². The fraction of sp³-hybridized carbons (Fsp3) is 0.417. The second-order valence-corrected chi connectivity index (χ2v) is 8.41. The van der Waals surface area contributed by atoms with Gasteiger partial charge in [-0.2, -0.15) is 5.10 Å². The van der Waals surface area contributed by atoms with Gasteiger partial charge in [-0.1, -0.05) is 30.7 Å². The Morgan fingerprint density at radius 1 is 1.16 bits per heavy atom. The maximum absolute atomic E-state index is 14.5. The molecule has 0 aliphatic carbocycles. The van der Waals surface area contributed by atoms with Crippen LogP contribution in [0.15, 0.2) is 47.6 Å². The summed E-state index contributed by atoms with van der Waals surface area (Å²) in [5.74, 6) is 0.957. The van der Waals surface area contributed by atoms with Gasteiger partial charge < -0.3 is 9.47 Å². The molecule has 162 valence electrons. The van der Waals surface area contributed by atoms with Crippen LogP contribution in [-0.4, -0.2) is 47.5 Å². The minimum absolute atomic E-state index is 0.0669. The Kier molecular flexibility index (Phi) is 5.36. The third-order valence-corrected chi connectivity index (χ3v) is 6.41. The number of rotatable bonds is 4. The summed E-state index contributed by atoms with van der Waals surface area (Å²) in [5.41, 5.74) is 1.93. The first-order valence-electron chi connectivity index (χ1n) is 10.9. The van der Waals surface area contributed by atoms with Crippen molar-refractivity contribution in [2.75, 3.05) is 19.9 Å². The quantitative estimate of drug-likeness (QED) is 0.743. The predicted octanol–water partition coefficient (Wildman–Crippen LogP) is 4.11. The lowest BCUT2D eigenvalue weighted by molar-refractivity contribution is -0.135. The molecule has 3 aliphatic rings. The zero-order valence-corrected chi connectivity index (χ0v) is 17.6. The van der Waals surface area contributed by atoms with Crippen molar-refractivity contribution in [3.63, 3.8) is 0 Å². The second kappa shape index (κ2) is 8.30. The lowest BCUT2D eigenvalue weighted by atomic mass is 9.97. The van der Waals surface area contributed by atoms with Crippen molar-refractivity contribution in [1.82, 2.24) is 9.91 Å². The van der Waals surface area contributed by atoms with Gasteiger partial charge in [0, 0.05) is 18.0 Å². The van der Waals surface area contributed by atoms with E-state index in [1.807, 2.05) is 18.2 Å². The number of hydrogen-bond acceptors (Lipinski definition) is 5. The van der Waals surface area contributed by atoms with E-state index in [1.54, 1.807) is 23.2 Å². The van der Waals surface area contributed by atoms with Crippen molar-refractivity contribution in [1.29, 1.82) is 0 Å². The first-order valence-corrected chi connectivity index (χ1v) is 10.9. The number of hydrogen-bond donors (Lipinski definition) is 0. The number of carbonyl (C=O) groups is 1. The van der Waals surface area contributed by atoms with Crippen LogP contribution in [0.3, 0.4) is 0 Å². The summed E-state index contributed by atoms with van der Waals surface area (Å²) < 4.78 is 25.4. The fourth-order valence-electron chi connectivity index (χ4n) is 4.62. The maximum atomic E-state index is 14.5. The number of likely N-dealkylation sites (tertiary alicyclic amines) is 1. The van der Waals surface area contributed by atoms with Crippen LogP contribution in [0.5, 0.6) is 11.5 Å². The number of fused-ring (bicyclic) bond motifs is 1. The average molecular weight is 423 g/mol. The van der Waals surface area contributed by atoms with E-state index in [0.29, 0.717) is 41.8 Å². The Morgan fingerprint density at radius 3 is 2.84 bits per heavy atom. The minimum atomic E-state index is -0.329. The molecule has 5 rings (SSSR count). The molecule has 1 saturated heterocycles. The zero-order valence-electron chi connectivity index (χ0n) is 17.6. The van der Waals surface area contributed by atoms with Crippen molar-refractivity contribution in [3.05, 3.63) is 59.4 Å². The molecule has 0 unspecified atom stereocenters. The summed E-state index contributed by atoms with van der Waals surface area (Å²) in [5, 5.41) is 6.16. The van der Waals surface area contributed by atoms with E-state index in [-0.39, 0.29) is 24.6 Å². The number of ether oxygens (including phenoxy) is 2. The molecule has 1 amide bonds. The molecule has 6 nitrogen and oxygen atoms in total. The molecule has 0 spiro atoms. The molecule has 0 N–H and O–H groups in total. The van der Waals surface area contributed by atoms with Gasteiger partial charge in [-0.25, -0.2) is 9.40 Å². The van der Waals surface area contributed by atoms with Crippen LogP contribution in [0.25, 0.3) is 0 Å².